The maximum atomic E-state index is 11.3. The SMILES string of the molecule is C=CC(=O)NCCOc1ccc2ncnc(Nc3ccc(Oc4ccc5c(c4)ncn5C)c(C)c3)c2c1. The number of hydrogen-bond acceptors (Lipinski definition) is 7. The molecule has 5 aromatic rings. The summed E-state index contributed by atoms with van der Waals surface area (Å²) in [6, 6.07) is 17.3. The van der Waals surface area contributed by atoms with Gasteiger partial charge in [-0.25, -0.2) is 15.0 Å². The van der Waals surface area contributed by atoms with Gasteiger partial charge in [-0.05, 0) is 67.1 Å². The Balaban J connectivity index is 1.31. The highest BCUT2D eigenvalue weighted by molar-refractivity contribution is 5.91. The molecule has 2 heterocycles. The van der Waals surface area contributed by atoms with E-state index < -0.39 is 0 Å². The summed E-state index contributed by atoms with van der Waals surface area (Å²) in [4.78, 5) is 24.5. The van der Waals surface area contributed by atoms with Crippen LogP contribution in [-0.2, 0) is 11.8 Å². The molecule has 37 heavy (non-hydrogen) atoms. The zero-order valence-corrected chi connectivity index (χ0v) is 20.6. The number of hydrogen-bond donors (Lipinski definition) is 2. The van der Waals surface area contributed by atoms with Gasteiger partial charge in [0, 0.05) is 24.2 Å². The van der Waals surface area contributed by atoms with E-state index in [1.54, 1.807) is 6.33 Å². The summed E-state index contributed by atoms with van der Waals surface area (Å²) in [5, 5.41) is 6.88. The van der Waals surface area contributed by atoms with Crippen molar-refractivity contribution in [3.05, 3.63) is 85.5 Å². The van der Waals surface area contributed by atoms with Crippen molar-refractivity contribution in [3.63, 3.8) is 0 Å². The number of nitrogens with zero attached hydrogens (tertiary/aromatic N) is 4. The Kier molecular flexibility index (Phi) is 6.67. The second kappa shape index (κ2) is 10.4. The van der Waals surface area contributed by atoms with Gasteiger partial charge in [-0.3, -0.25) is 4.79 Å². The number of carbonyl (C=O) groups excluding carboxylic acids is 1. The summed E-state index contributed by atoms with van der Waals surface area (Å²) in [5.41, 5.74) is 4.55. The van der Waals surface area contributed by atoms with E-state index in [1.165, 1.54) is 12.4 Å². The van der Waals surface area contributed by atoms with Crippen LogP contribution in [0.3, 0.4) is 0 Å². The summed E-state index contributed by atoms with van der Waals surface area (Å²) >= 11 is 0. The van der Waals surface area contributed by atoms with Crippen molar-refractivity contribution in [3.8, 4) is 17.2 Å². The van der Waals surface area contributed by atoms with Gasteiger partial charge in [-0.1, -0.05) is 6.58 Å². The van der Waals surface area contributed by atoms with E-state index in [9.17, 15) is 4.79 Å². The van der Waals surface area contributed by atoms with Gasteiger partial charge in [0.25, 0.3) is 0 Å². The van der Waals surface area contributed by atoms with Gasteiger partial charge in [0.05, 0.1) is 29.4 Å². The molecule has 0 aliphatic carbocycles. The van der Waals surface area contributed by atoms with Gasteiger partial charge in [0.1, 0.15) is 36.0 Å². The minimum atomic E-state index is -0.233. The van der Waals surface area contributed by atoms with E-state index >= 15 is 0 Å². The van der Waals surface area contributed by atoms with Crippen LogP contribution >= 0.6 is 0 Å². The van der Waals surface area contributed by atoms with Crippen LogP contribution in [0.2, 0.25) is 0 Å². The first kappa shape index (κ1) is 23.8. The van der Waals surface area contributed by atoms with E-state index in [0.717, 1.165) is 44.7 Å². The molecule has 0 aliphatic heterocycles. The molecule has 3 aromatic carbocycles. The van der Waals surface area contributed by atoms with Crippen LogP contribution in [0, 0.1) is 6.92 Å². The molecule has 186 valence electrons. The third kappa shape index (κ3) is 5.35. The second-order valence-corrected chi connectivity index (χ2v) is 8.46. The highest BCUT2D eigenvalue weighted by Gasteiger charge is 2.09. The fraction of sp³-hybridized carbons (Fsp3) is 0.143. The Morgan fingerprint density at radius 2 is 1.89 bits per heavy atom. The maximum Gasteiger partial charge on any atom is 0.243 e. The van der Waals surface area contributed by atoms with Gasteiger partial charge >= 0.3 is 0 Å². The van der Waals surface area contributed by atoms with E-state index in [-0.39, 0.29) is 5.91 Å². The first-order chi connectivity index (χ1) is 18.0. The predicted molar refractivity (Wildman–Crippen MR) is 143 cm³/mol. The molecule has 0 saturated heterocycles. The first-order valence-electron chi connectivity index (χ1n) is 11.7. The average Bonchev–Trinajstić information content (AvgIpc) is 3.28. The van der Waals surface area contributed by atoms with Crippen LogP contribution in [0.15, 0.2) is 79.9 Å². The predicted octanol–water partition coefficient (Wildman–Crippen LogP) is 5.04. The smallest absolute Gasteiger partial charge is 0.243 e. The zero-order chi connectivity index (χ0) is 25.8. The number of nitrogens with one attached hydrogen (secondary N) is 2. The largest absolute Gasteiger partial charge is 0.492 e. The van der Waals surface area contributed by atoms with Crippen molar-refractivity contribution in [2.24, 2.45) is 7.05 Å². The van der Waals surface area contributed by atoms with E-state index in [4.69, 9.17) is 9.47 Å². The molecule has 0 fully saturated rings. The Hall–Kier alpha value is -4.92. The van der Waals surface area contributed by atoms with Gasteiger partial charge in [0.15, 0.2) is 0 Å². The quantitative estimate of drug-likeness (QED) is 0.219. The Labute approximate surface area is 213 Å². The molecule has 2 aromatic heterocycles. The lowest BCUT2D eigenvalue weighted by Gasteiger charge is -2.13. The molecule has 2 N–H and O–H groups in total. The Bertz CT molecular complexity index is 1610. The molecule has 9 heteroatoms. The molecule has 5 rings (SSSR count). The average molecular weight is 495 g/mol. The van der Waals surface area contributed by atoms with Crippen molar-refractivity contribution in [1.82, 2.24) is 24.8 Å². The monoisotopic (exact) mass is 494 g/mol. The number of imidazole rings is 1. The van der Waals surface area contributed by atoms with Crippen molar-refractivity contribution in [1.29, 1.82) is 0 Å². The highest BCUT2D eigenvalue weighted by Crippen LogP contribution is 2.31. The third-order valence-corrected chi connectivity index (χ3v) is 5.82. The number of aromatic nitrogens is 4. The number of rotatable bonds is 9. The maximum absolute atomic E-state index is 11.3. The first-order valence-corrected chi connectivity index (χ1v) is 11.7. The lowest BCUT2D eigenvalue weighted by molar-refractivity contribution is -0.116. The zero-order valence-electron chi connectivity index (χ0n) is 20.6. The number of benzene rings is 3. The fourth-order valence-corrected chi connectivity index (χ4v) is 3.93. The van der Waals surface area contributed by atoms with Crippen LogP contribution in [0.1, 0.15) is 5.56 Å². The van der Waals surface area contributed by atoms with Gasteiger partial charge in [0.2, 0.25) is 5.91 Å². The van der Waals surface area contributed by atoms with Gasteiger partial charge in [-0.2, -0.15) is 0 Å². The third-order valence-electron chi connectivity index (χ3n) is 5.82. The number of fused-ring (bicyclic) bond motifs is 2. The van der Waals surface area contributed by atoms with Crippen molar-refractivity contribution >= 4 is 39.3 Å². The molecule has 0 aliphatic rings. The molecule has 0 bridgehead atoms. The van der Waals surface area contributed by atoms with Crippen LogP contribution < -0.4 is 20.1 Å². The van der Waals surface area contributed by atoms with E-state index in [2.05, 4.69) is 32.2 Å². The molecule has 0 atom stereocenters. The van der Waals surface area contributed by atoms with Gasteiger partial charge < -0.3 is 24.7 Å². The number of amides is 1. The van der Waals surface area contributed by atoms with Crippen LogP contribution in [0.4, 0.5) is 11.5 Å². The molecule has 0 radical (unpaired) electrons. The van der Waals surface area contributed by atoms with Crippen molar-refractivity contribution in [2.75, 3.05) is 18.5 Å². The van der Waals surface area contributed by atoms with Crippen LogP contribution in [0.25, 0.3) is 21.9 Å². The molecule has 0 saturated carbocycles. The van der Waals surface area contributed by atoms with Crippen LogP contribution in [-0.4, -0.2) is 38.6 Å². The minimum absolute atomic E-state index is 0.233. The fourth-order valence-electron chi connectivity index (χ4n) is 3.93. The van der Waals surface area contributed by atoms with Crippen molar-refractivity contribution < 1.29 is 14.3 Å². The number of ether oxygens (including phenoxy) is 2. The van der Waals surface area contributed by atoms with Gasteiger partial charge in [-0.15, -0.1) is 0 Å². The molecule has 9 nitrogen and oxygen atoms in total. The second-order valence-electron chi connectivity index (χ2n) is 8.46. The van der Waals surface area contributed by atoms with E-state index in [0.29, 0.717) is 24.7 Å². The number of anilines is 2. The molecule has 0 spiro atoms. The standard InChI is InChI=1S/C28H26N6O3/c1-4-27(35)29-11-12-36-20-6-8-23-22(14-20)28(31-16-30-23)33-19-5-10-26(18(2)13-19)37-21-7-9-25-24(15-21)32-17-34(25)3/h4-10,13-17H,1,11-12H2,2-3H3,(H,29,35)(H,30,31,33). The molecular weight excluding hydrogens is 468 g/mol. The lowest BCUT2D eigenvalue weighted by Crippen LogP contribution is -2.26. The summed E-state index contributed by atoms with van der Waals surface area (Å²) < 4.78 is 13.9. The Morgan fingerprint density at radius 1 is 1.03 bits per heavy atom. The van der Waals surface area contributed by atoms with Crippen molar-refractivity contribution in [2.45, 2.75) is 6.92 Å². The normalized spacial score (nSPS) is 10.9. The number of carbonyl (C=O) groups is 1. The highest BCUT2D eigenvalue weighted by atomic mass is 16.5. The topological polar surface area (TPSA) is 103 Å². The lowest BCUT2D eigenvalue weighted by atomic mass is 10.2. The summed E-state index contributed by atoms with van der Waals surface area (Å²) in [7, 11) is 1.97. The molecular formula is C28H26N6O3. The summed E-state index contributed by atoms with van der Waals surface area (Å²) in [5.74, 6) is 2.57. The molecule has 0 unspecified atom stereocenters. The van der Waals surface area contributed by atoms with E-state index in [1.807, 2.05) is 73.1 Å². The Morgan fingerprint density at radius 3 is 2.73 bits per heavy atom. The minimum Gasteiger partial charge on any atom is -0.492 e. The number of aryl methyl sites for hydroxylation is 2. The molecule has 1 amide bonds. The van der Waals surface area contributed by atoms with Crippen LogP contribution in [0.5, 0.6) is 17.2 Å². The summed E-state index contributed by atoms with van der Waals surface area (Å²) in [6.07, 6.45) is 4.54. The summed E-state index contributed by atoms with van der Waals surface area (Å²) in [6.45, 7) is 6.13.